The summed E-state index contributed by atoms with van der Waals surface area (Å²) in [6, 6.07) is 10.5. The first-order valence-electron chi connectivity index (χ1n) is 8.73. The number of carbonyl (C=O) groups excluding carboxylic acids is 2. The highest BCUT2D eigenvalue weighted by molar-refractivity contribution is 9.10. The molecule has 2 N–H and O–H groups in total. The van der Waals surface area contributed by atoms with Gasteiger partial charge in [0.2, 0.25) is 5.91 Å². The van der Waals surface area contributed by atoms with Crippen LogP contribution in [-0.2, 0) is 9.59 Å². The maximum Gasteiger partial charge on any atom is 0.278 e. The minimum atomic E-state index is -0.436. The molecule has 1 aliphatic rings. The van der Waals surface area contributed by atoms with Crippen molar-refractivity contribution in [3.8, 4) is 5.75 Å². The summed E-state index contributed by atoms with van der Waals surface area (Å²) in [5, 5.41) is 12.3. The molecule has 154 valence electrons. The van der Waals surface area contributed by atoms with Crippen LogP contribution in [0.1, 0.15) is 11.1 Å². The number of benzene rings is 2. The van der Waals surface area contributed by atoms with Crippen LogP contribution in [-0.4, -0.2) is 41.2 Å². The van der Waals surface area contributed by atoms with E-state index in [4.69, 9.17) is 23.2 Å². The van der Waals surface area contributed by atoms with E-state index < -0.39 is 5.91 Å². The number of phenols is 1. The van der Waals surface area contributed by atoms with Crippen molar-refractivity contribution >= 4 is 68.9 Å². The fraction of sp³-hybridized carbons (Fsp3) is 0.0952. The quantitative estimate of drug-likeness (QED) is 0.583. The number of phenolic OH excluding ortho intramolecular Hbond substituents is 1. The molecule has 30 heavy (non-hydrogen) atoms. The number of aromatic hydroxyl groups is 1. The highest BCUT2D eigenvalue weighted by Gasteiger charge is 2.30. The van der Waals surface area contributed by atoms with Crippen LogP contribution < -0.4 is 5.32 Å². The Hall–Kier alpha value is -2.61. The molecule has 3 rings (SSSR count). The SMILES string of the molecule is CNC(=O)CN1C(=O)/C(=C/c2cc(Cl)c(O)c(Cl)c2)N=C1/C=C/c1ccc(Br)cc1. The Labute approximate surface area is 191 Å². The van der Waals surface area contributed by atoms with Crippen LogP contribution >= 0.6 is 39.1 Å². The smallest absolute Gasteiger partial charge is 0.278 e. The molecular weight excluding hydrogens is 493 g/mol. The number of nitrogens with one attached hydrogen (secondary N) is 1. The van der Waals surface area contributed by atoms with Gasteiger partial charge in [-0.25, -0.2) is 4.99 Å². The molecule has 0 radical (unpaired) electrons. The number of amidine groups is 1. The van der Waals surface area contributed by atoms with Gasteiger partial charge in [-0.05, 0) is 47.5 Å². The highest BCUT2D eigenvalue weighted by atomic mass is 79.9. The third-order valence-corrected chi connectivity index (χ3v) is 5.30. The Bertz CT molecular complexity index is 1070. The topological polar surface area (TPSA) is 82.0 Å². The van der Waals surface area contributed by atoms with Gasteiger partial charge in [-0.1, -0.05) is 57.3 Å². The van der Waals surface area contributed by atoms with E-state index in [9.17, 15) is 14.7 Å². The summed E-state index contributed by atoms with van der Waals surface area (Å²) in [6.07, 6.45) is 4.96. The summed E-state index contributed by atoms with van der Waals surface area (Å²) in [5.74, 6) is -0.672. The molecule has 2 aromatic carbocycles. The second kappa shape index (κ2) is 9.47. The molecule has 0 unspecified atom stereocenters. The average Bonchev–Trinajstić information content (AvgIpc) is 3.00. The minimum Gasteiger partial charge on any atom is -0.505 e. The molecule has 0 aromatic heterocycles. The number of hydrogen-bond donors (Lipinski definition) is 2. The molecule has 0 atom stereocenters. The van der Waals surface area contributed by atoms with Gasteiger partial charge in [0, 0.05) is 11.5 Å². The monoisotopic (exact) mass is 507 g/mol. The molecule has 2 amide bonds. The lowest BCUT2D eigenvalue weighted by atomic mass is 10.2. The summed E-state index contributed by atoms with van der Waals surface area (Å²) in [6.45, 7) is -0.173. The molecule has 6 nitrogen and oxygen atoms in total. The summed E-state index contributed by atoms with van der Waals surface area (Å²) in [4.78, 5) is 30.4. The average molecular weight is 509 g/mol. The second-order valence-corrected chi connectivity index (χ2v) is 8.01. The first-order chi connectivity index (χ1) is 14.3. The fourth-order valence-corrected chi connectivity index (χ4v) is 3.41. The van der Waals surface area contributed by atoms with Gasteiger partial charge in [0.15, 0.2) is 5.75 Å². The zero-order chi connectivity index (χ0) is 21.8. The lowest BCUT2D eigenvalue weighted by Crippen LogP contribution is -2.39. The molecule has 0 spiro atoms. The number of likely N-dealkylation sites (N-methyl/N-ethyl adjacent to an activating group) is 1. The first kappa shape index (κ1) is 22.1. The van der Waals surface area contributed by atoms with Gasteiger partial charge in [0.05, 0.1) is 10.0 Å². The molecule has 2 aromatic rings. The predicted molar refractivity (Wildman–Crippen MR) is 122 cm³/mol. The van der Waals surface area contributed by atoms with E-state index in [2.05, 4.69) is 26.2 Å². The summed E-state index contributed by atoms with van der Waals surface area (Å²) in [7, 11) is 1.49. The van der Waals surface area contributed by atoms with Gasteiger partial charge >= 0.3 is 0 Å². The maximum atomic E-state index is 12.9. The van der Waals surface area contributed by atoms with Crippen molar-refractivity contribution in [2.45, 2.75) is 0 Å². The number of aliphatic imine (C=N–C) groups is 1. The summed E-state index contributed by atoms with van der Waals surface area (Å²) >= 11 is 15.3. The van der Waals surface area contributed by atoms with Crippen molar-refractivity contribution < 1.29 is 14.7 Å². The molecule has 0 saturated heterocycles. The lowest BCUT2D eigenvalue weighted by molar-refractivity contribution is -0.128. The number of nitrogens with zero attached hydrogens (tertiary/aromatic N) is 2. The van der Waals surface area contributed by atoms with E-state index in [0.717, 1.165) is 10.0 Å². The lowest BCUT2D eigenvalue weighted by Gasteiger charge is -2.15. The number of hydrogen-bond acceptors (Lipinski definition) is 4. The number of halogens is 3. The Morgan fingerprint density at radius 3 is 2.40 bits per heavy atom. The predicted octanol–water partition coefficient (Wildman–Crippen LogP) is 4.50. The number of rotatable bonds is 5. The third-order valence-electron chi connectivity index (χ3n) is 4.19. The Morgan fingerprint density at radius 2 is 1.80 bits per heavy atom. The van der Waals surface area contributed by atoms with Crippen molar-refractivity contribution in [1.82, 2.24) is 10.2 Å². The van der Waals surface area contributed by atoms with Gasteiger partial charge in [0.1, 0.15) is 18.1 Å². The van der Waals surface area contributed by atoms with Gasteiger partial charge < -0.3 is 10.4 Å². The van der Waals surface area contributed by atoms with Crippen molar-refractivity contribution in [2.75, 3.05) is 13.6 Å². The van der Waals surface area contributed by atoms with Crippen molar-refractivity contribution in [3.63, 3.8) is 0 Å². The molecule has 9 heteroatoms. The summed E-state index contributed by atoms with van der Waals surface area (Å²) in [5.41, 5.74) is 1.52. The van der Waals surface area contributed by atoms with Crippen LogP contribution in [0.15, 0.2) is 57.6 Å². The van der Waals surface area contributed by atoms with E-state index in [-0.39, 0.29) is 33.9 Å². The number of amides is 2. The van der Waals surface area contributed by atoms with Crippen molar-refractivity contribution in [3.05, 3.63) is 73.8 Å². The number of carbonyl (C=O) groups is 2. The van der Waals surface area contributed by atoms with Gasteiger partial charge in [-0.15, -0.1) is 0 Å². The van der Waals surface area contributed by atoms with E-state index in [1.165, 1.54) is 30.2 Å². The fourth-order valence-electron chi connectivity index (χ4n) is 2.64. The van der Waals surface area contributed by atoms with Crippen LogP contribution in [0.25, 0.3) is 12.2 Å². The van der Waals surface area contributed by atoms with Crippen molar-refractivity contribution in [2.24, 2.45) is 4.99 Å². The minimum absolute atomic E-state index is 0.0568. The highest BCUT2D eigenvalue weighted by Crippen LogP contribution is 2.34. The zero-order valence-electron chi connectivity index (χ0n) is 15.7. The normalized spacial score (nSPS) is 15.2. The molecule has 0 fully saturated rings. The largest absolute Gasteiger partial charge is 0.505 e. The van der Waals surface area contributed by atoms with Gasteiger partial charge in [0.25, 0.3) is 5.91 Å². The third kappa shape index (κ3) is 5.11. The first-order valence-corrected chi connectivity index (χ1v) is 10.3. The Balaban J connectivity index is 1.96. The van der Waals surface area contributed by atoms with E-state index in [1.54, 1.807) is 12.2 Å². The standard InChI is InChI=1S/C21H16BrCl2N3O3/c1-25-19(28)11-27-18(7-4-12-2-5-14(22)6-3-12)26-17(21(27)30)10-13-8-15(23)20(29)16(24)9-13/h2-10,29H,11H2,1H3,(H,25,28)/b7-4+,17-10-. The zero-order valence-corrected chi connectivity index (χ0v) is 18.8. The van der Waals surface area contributed by atoms with Crippen LogP contribution in [0.3, 0.4) is 0 Å². The summed E-state index contributed by atoms with van der Waals surface area (Å²) < 4.78 is 0.950. The van der Waals surface area contributed by atoms with E-state index in [1.807, 2.05) is 24.3 Å². The Morgan fingerprint density at radius 1 is 1.17 bits per heavy atom. The molecule has 0 saturated carbocycles. The van der Waals surface area contributed by atoms with Gasteiger partial charge in [-0.2, -0.15) is 0 Å². The van der Waals surface area contributed by atoms with E-state index in [0.29, 0.717) is 11.4 Å². The van der Waals surface area contributed by atoms with E-state index >= 15 is 0 Å². The molecule has 1 aliphatic heterocycles. The molecule has 0 aliphatic carbocycles. The molecular formula is C21H16BrCl2N3O3. The maximum absolute atomic E-state index is 12.9. The van der Waals surface area contributed by atoms with Crippen LogP contribution in [0.4, 0.5) is 0 Å². The van der Waals surface area contributed by atoms with Crippen LogP contribution in [0.5, 0.6) is 5.75 Å². The van der Waals surface area contributed by atoms with Crippen molar-refractivity contribution in [1.29, 1.82) is 0 Å². The van der Waals surface area contributed by atoms with Crippen LogP contribution in [0, 0.1) is 0 Å². The second-order valence-electron chi connectivity index (χ2n) is 6.28. The van der Waals surface area contributed by atoms with Gasteiger partial charge in [-0.3, -0.25) is 14.5 Å². The van der Waals surface area contributed by atoms with Crippen LogP contribution in [0.2, 0.25) is 10.0 Å². The molecule has 0 bridgehead atoms. The Kier molecular flexibility index (Phi) is 6.97. The molecule has 1 heterocycles.